The van der Waals surface area contributed by atoms with Gasteiger partial charge in [-0.25, -0.2) is 5.26 Å². The van der Waals surface area contributed by atoms with Gasteiger partial charge in [0.15, 0.2) is 0 Å². The van der Waals surface area contributed by atoms with Crippen molar-refractivity contribution in [3.8, 4) is 0 Å². The van der Waals surface area contributed by atoms with Gasteiger partial charge in [-0.2, -0.15) is 18.3 Å². The SMILES string of the molecule is O=S(=O)(OO)OC(O)=C(O)O.P. The lowest BCUT2D eigenvalue weighted by Gasteiger charge is -1.99. The largest absolute Gasteiger partial charge is 0.479 e. The van der Waals surface area contributed by atoms with E-state index in [1.165, 1.54) is 0 Å². The molecule has 1 unspecified atom stereocenters. The molecule has 0 spiro atoms. The Morgan fingerprint density at radius 1 is 1.17 bits per heavy atom. The lowest BCUT2D eigenvalue weighted by atomic mass is 10.9. The van der Waals surface area contributed by atoms with E-state index in [2.05, 4.69) is 8.52 Å². The Labute approximate surface area is 70.5 Å². The topological polar surface area (TPSA) is 134 Å². The number of aliphatic hydroxyl groups is 3. The zero-order valence-electron chi connectivity index (χ0n) is 5.54. The molecule has 0 aliphatic carbocycles. The predicted octanol–water partition coefficient (Wildman–Crippen LogP) is -0.404. The first kappa shape index (κ1) is 13.8. The molecule has 0 bridgehead atoms. The number of hydrogen-bond donors (Lipinski definition) is 4. The Hall–Kier alpha value is -0.760. The van der Waals surface area contributed by atoms with Crippen molar-refractivity contribution in [1.29, 1.82) is 0 Å². The Balaban J connectivity index is 0. The normalized spacial score (nSPS) is 9.75. The minimum Gasteiger partial charge on any atom is -0.476 e. The highest BCUT2D eigenvalue weighted by Crippen LogP contribution is 2.02. The zero-order chi connectivity index (χ0) is 9.07. The molecule has 4 N–H and O–H groups in total. The van der Waals surface area contributed by atoms with Gasteiger partial charge in [0.05, 0.1) is 0 Å². The smallest absolute Gasteiger partial charge is 0.476 e. The average molecular weight is 222 g/mol. The van der Waals surface area contributed by atoms with E-state index in [1.807, 2.05) is 0 Å². The highest BCUT2D eigenvalue weighted by atomic mass is 32.3. The fourth-order valence-electron chi connectivity index (χ4n) is 0.149. The van der Waals surface area contributed by atoms with Crippen LogP contribution in [0.4, 0.5) is 0 Å². The lowest BCUT2D eigenvalue weighted by molar-refractivity contribution is -0.143. The van der Waals surface area contributed by atoms with Gasteiger partial charge in [-0.05, 0) is 0 Å². The maximum atomic E-state index is 10.0. The monoisotopic (exact) mass is 222 g/mol. The van der Waals surface area contributed by atoms with E-state index in [1.54, 1.807) is 0 Å². The van der Waals surface area contributed by atoms with Crippen LogP contribution in [0.3, 0.4) is 0 Å². The molecule has 0 rings (SSSR count). The molecule has 0 aromatic rings. The van der Waals surface area contributed by atoms with Crippen molar-refractivity contribution in [3.05, 3.63) is 11.9 Å². The first-order chi connectivity index (χ1) is 4.89. The summed E-state index contributed by atoms with van der Waals surface area (Å²) < 4.78 is 26.0. The summed E-state index contributed by atoms with van der Waals surface area (Å²) in [4.78, 5) is 0. The van der Waals surface area contributed by atoms with Crippen molar-refractivity contribution in [2.45, 2.75) is 0 Å². The molecule has 0 saturated heterocycles. The molecule has 0 aromatic carbocycles. The molecule has 0 aliphatic heterocycles. The van der Waals surface area contributed by atoms with Gasteiger partial charge in [0.1, 0.15) is 0 Å². The highest BCUT2D eigenvalue weighted by Gasteiger charge is 2.17. The van der Waals surface area contributed by atoms with Crippen molar-refractivity contribution < 1.29 is 37.5 Å². The van der Waals surface area contributed by atoms with E-state index in [0.717, 1.165) is 0 Å². The van der Waals surface area contributed by atoms with E-state index in [0.29, 0.717) is 0 Å². The maximum Gasteiger partial charge on any atom is 0.479 e. The second-order valence-corrected chi connectivity index (χ2v) is 2.33. The molecule has 0 saturated carbocycles. The van der Waals surface area contributed by atoms with E-state index in [9.17, 15) is 8.42 Å². The molecule has 0 aliphatic rings. The maximum absolute atomic E-state index is 10.0. The fourth-order valence-corrected chi connectivity index (χ4v) is 0.447. The summed E-state index contributed by atoms with van der Waals surface area (Å²) in [6.45, 7) is 0. The second-order valence-electron chi connectivity index (χ2n) is 1.19. The van der Waals surface area contributed by atoms with Crippen LogP contribution in [0.25, 0.3) is 0 Å². The second kappa shape index (κ2) is 4.99. The van der Waals surface area contributed by atoms with E-state index >= 15 is 0 Å². The minimum absolute atomic E-state index is 0. The van der Waals surface area contributed by atoms with Crippen LogP contribution >= 0.6 is 9.90 Å². The molecule has 10 heteroatoms. The highest BCUT2D eigenvalue weighted by molar-refractivity contribution is 7.81. The van der Waals surface area contributed by atoms with Crippen molar-refractivity contribution in [3.63, 3.8) is 0 Å². The molecular weight excluding hydrogens is 215 g/mol. The van der Waals surface area contributed by atoms with E-state index in [4.69, 9.17) is 20.6 Å². The molecule has 0 radical (unpaired) electrons. The van der Waals surface area contributed by atoms with Gasteiger partial charge in [-0.3, -0.25) is 0 Å². The van der Waals surface area contributed by atoms with Crippen LogP contribution in [0, 0.1) is 0 Å². The third-order valence-corrected chi connectivity index (χ3v) is 1.01. The standard InChI is InChI=1S/C2H4O8S.H3P/c3-1(4)2(5)9-11(7,8)10-6;/h3-6H;1H3. The lowest BCUT2D eigenvalue weighted by Crippen LogP contribution is -2.08. The first-order valence-corrected chi connectivity index (χ1v) is 3.31. The van der Waals surface area contributed by atoms with Crippen LogP contribution in [0.2, 0.25) is 0 Å². The molecule has 0 amide bonds. The molecule has 12 heavy (non-hydrogen) atoms. The van der Waals surface area contributed by atoms with Gasteiger partial charge in [0.25, 0.3) is 0 Å². The summed E-state index contributed by atoms with van der Waals surface area (Å²) in [5.74, 6) is -3.47. The minimum atomic E-state index is -4.84. The molecule has 1 atom stereocenters. The Bertz CT molecular complexity index is 248. The van der Waals surface area contributed by atoms with Crippen LogP contribution in [0.15, 0.2) is 11.9 Å². The van der Waals surface area contributed by atoms with Crippen LogP contribution in [-0.2, 0) is 18.9 Å². The third kappa shape index (κ3) is 4.97. The van der Waals surface area contributed by atoms with Gasteiger partial charge >= 0.3 is 22.3 Å². The summed E-state index contributed by atoms with van der Waals surface area (Å²) >= 11 is 0. The Morgan fingerprint density at radius 2 is 1.58 bits per heavy atom. The van der Waals surface area contributed by atoms with Crippen LogP contribution in [0.1, 0.15) is 0 Å². The molecule has 0 heterocycles. The van der Waals surface area contributed by atoms with Crippen molar-refractivity contribution in [1.82, 2.24) is 0 Å². The van der Waals surface area contributed by atoms with E-state index < -0.39 is 22.3 Å². The summed E-state index contributed by atoms with van der Waals surface area (Å²) in [6.07, 6.45) is 0. The van der Waals surface area contributed by atoms with Crippen molar-refractivity contribution in [2.75, 3.05) is 0 Å². The van der Waals surface area contributed by atoms with Crippen molar-refractivity contribution in [2.24, 2.45) is 0 Å². The average Bonchev–Trinajstić information content (AvgIpc) is 1.87. The summed E-state index contributed by atoms with van der Waals surface area (Å²) in [5.41, 5.74) is 0. The van der Waals surface area contributed by atoms with Gasteiger partial charge < -0.3 is 19.5 Å². The summed E-state index contributed by atoms with van der Waals surface area (Å²) in [7, 11) is -4.84. The van der Waals surface area contributed by atoms with Crippen LogP contribution < -0.4 is 0 Å². The molecule has 8 nitrogen and oxygen atoms in total. The van der Waals surface area contributed by atoms with Gasteiger partial charge in [0, 0.05) is 0 Å². The first-order valence-electron chi connectivity index (χ1n) is 1.97. The fraction of sp³-hybridized carbons (Fsp3) is 0. The van der Waals surface area contributed by atoms with Gasteiger partial charge in [0.2, 0.25) is 0 Å². The summed E-state index contributed by atoms with van der Waals surface area (Å²) in [5, 5.41) is 31.6. The van der Waals surface area contributed by atoms with Gasteiger partial charge in [-0.15, -0.1) is 0 Å². The zero-order valence-corrected chi connectivity index (χ0v) is 7.77. The van der Waals surface area contributed by atoms with Gasteiger partial charge in [-0.1, -0.05) is 4.33 Å². The quantitative estimate of drug-likeness (QED) is 0.219. The summed E-state index contributed by atoms with van der Waals surface area (Å²) in [6, 6.07) is 0. The van der Waals surface area contributed by atoms with Crippen molar-refractivity contribution >= 4 is 20.3 Å². The molecular formula is C2H7O8PS. The predicted molar refractivity (Wildman–Crippen MR) is 39.7 cm³/mol. The molecule has 0 aromatic heterocycles. The number of rotatable bonds is 3. The molecule has 0 fully saturated rings. The number of hydrogen-bond acceptors (Lipinski definition) is 8. The Kier molecular flexibility index (Phi) is 5.74. The third-order valence-electron chi connectivity index (χ3n) is 0.464. The van der Waals surface area contributed by atoms with Crippen LogP contribution in [-0.4, -0.2) is 29.0 Å². The van der Waals surface area contributed by atoms with E-state index in [-0.39, 0.29) is 9.90 Å². The van der Waals surface area contributed by atoms with Crippen LogP contribution in [0.5, 0.6) is 0 Å². The Morgan fingerprint density at radius 3 is 1.83 bits per heavy atom. The number of aliphatic hydroxyl groups excluding tert-OH is 2. The molecule has 74 valence electrons.